The van der Waals surface area contributed by atoms with Crippen molar-refractivity contribution >= 4 is 10.8 Å². The van der Waals surface area contributed by atoms with E-state index in [4.69, 9.17) is 0 Å². The molecule has 0 N–H and O–H groups in total. The van der Waals surface area contributed by atoms with Crippen LogP contribution in [-0.2, 0) is 14.1 Å². The maximum Gasteiger partial charge on any atom is 0.133 e. The molecule has 0 radical (unpaired) electrons. The summed E-state index contributed by atoms with van der Waals surface area (Å²) in [6, 6.07) is 7.91. The number of aryl methyl sites for hydroxylation is 2. The average Bonchev–Trinajstić information content (AvgIpc) is 3.15. The molecule has 108 valence electrons. The molecule has 0 bridgehead atoms. The van der Waals surface area contributed by atoms with Gasteiger partial charge in [0.2, 0.25) is 0 Å². The van der Waals surface area contributed by atoms with Crippen LogP contribution >= 0.6 is 0 Å². The SMILES string of the molecule is Cn1cc(-c2nnc(-c3cn(C)nn3)c3ccccc23)nn1. The van der Waals surface area contributed by atoms with Crippen molar-refractivity contribution in [2.24, 2.45) is 14.1 Å². The fourth-order valence-corrected chi connectivity index (χ4v) is 2.39. The Morgan fingerprint density at radius 1 is 0.682 bits per heavy atom. The first kappa shape index (κ1) is 12.6. The molecule has 0 unspecified atom stereocenters. The molecule has 4 aromatic rings. The van der Waals surface area contributed by atoms with Gasteiger partial charge in [-0.3, -0.25) is 9.36 Å². The molecule has 3 heterocycles. The highest BCUT2D eigenvalue weighted by atomic mass is 15.4. The van der Waals surface area contributed by atoms with E-state index in [1.807, 2.05) is 50.8 Å². The number of rotatable bonds is 2. The summed E-state index contributed by atoms with van der Waals surface area (Å²) < 4.78 is 3.28. The van der Waals surface area contributed by atoms with E-state index in [0.717, 1.165) is 10.8 Å². The third kappa shape index (κ3) is 1.93. The summed E-state index contributed by atoms with van der Waals surface area (Å²) in [5.74, 6) is 0. The first-order chi connectivity index (χ1) is 10.7. The molecule has 22 heavy (non-hydrogen) atoms. The molecule has 1 aromatic carbocycles. The van der Waals surface area contributed by atoms with Gasteiger partial charge in [0.15, 0.2) is 0 Å². The average molecular weight is 292 g/mol. The van der Waals surface area contributed by atoms with Crippen molar-refractivity contribution in [1.82, 2.24) is 40.2 Å². The molecular formula is C14H12N8. The maximum atomic E-state index is 4.33. The van der Waals surface area contributed by atoms with Crippen LogP contribution in [0.15, 0.2) is 36.7 Å². The Morgan fingerprint density at radius 3 is 1.50 bits per heavy atom. The molecule has 0 aliphatic heterocycles. The van der Waals surface area contributed by atoms with Crippen molar-refractivity contribution in [1.29, 1.82) is 0 Å². The second-order valence-corrected chi connectivity index (χ2v) is 5.00. The molecule has 0 aliphatic rings. The van der Waals surface area contributed by atoms with Gasteiger partial charge in [-0.05, 0) is 0 Å². The molecule has 4 rings (SSSR count). The van der Waals surface area contributed by atoms with Gasteiger partial charge in [0.05, 0.1) is 12.4 Å². The quantitative estimate of drug-likeness (QED) is 0.552. The van der Waals surface area contributed by atoms with Crippen molar-refractivity contribution in [3.05, 3.63) is 36.7 Å². The molecule has 0 fully saturated rings. The van der Waals surface area contributed by atoms with Gasteiger partial charge in [0.25, 0.3) is 0 Å². The molecule has 0 saturated carbocycles. The smallest absolute Gasteiger partial charge is 0.133 e. The summed E-state index contributed by atoms with van der Waals surface area (Å²) in [6.07, 6.45) is 3.64. The lowest BCUT2D eigenvalue weighted by molar-refractivity contribution is 0.715. The zero-order valence-corrected chi connectivity index (χ0v) is 12.0. The first-order valence-electron chi connectivity index (χ1n) is 6.71. The zero-order valence-electron chi connectivity index (χ0n) is 12.0. The third-order valence-corrected chi connectivity index (χ3v) is 3.38. The van der Waals surface area contributed by atoms with Gasteiger partial charge in [-0.1, -0.05) is 34.7 Å². The fraction of sp³-hybridized carbons (Fsp3) is 0.143. The van der Waals surface area contributed by atoms with Crippen molar-refractivity contribution in [2.45, 2.75) is 0 Å². The molecule has 8 nitrogen and oxygen atoms in total. The van der Waals surface area contributed by atoms with E-state index in [-0.39, 0.29) is 0 Å². The van der Waals surface area contributed by atoms with E-state index in [1.165, 1.54) is 0 Å². The third-order valence-electron chi connectivity index (χ3n) is 3.38. The highest BCUT2D eigenvalue weighted by molar-refractivity contribution is 6.00. The molecular weight excluding hydrogens is 280 g/mol. The van der Waals surface area contributed by atoms with Crippen molar-refractivity contribution < 1.29 is 0 Å². The Hall–Kier alpha value is -3.16. The summed E-state index contributed by atoms with van der Waals surface area (Å²) in [4.78, 5) is 0. The van der Waals surface area contributed by atoms with E-state index >= 15 is 0 Å². The van der Waals surface area contributed by atoms with Gasteiger partial charge >= 0.3 is 0 Å². The van der Waals surface area contributed by atoms with E-state index < -0.39 is 0 Å². The van der Waals surface area contributed by atoms with Crippen LogP contribution in [0.25, 0.3) is 33.5 Å². The number of fused-ring (bicyclic) bond motifs is 1. The lowest BCUT2D eigenvalue weighted by atomic mass is 10.1. The van der Waals surface area contributed by atoms with Gasteiger partial charge in [-0.2, -0.15) is 0 Å². The Balaban J connectivity index is 1.99. The minimum absolute atomic E-state index is 0.692. The minimum atomic E-state index is 0.692. The molecule has 0 aliphatic carbocycles. The molecule has 0 spiro atoms. The van der Waals surface area contributed by atoms with Crippen LogP contribution in [-0.4, -0.2) is 40.2 Å². The summed E-state index contributed by atoms with van der Waals surface area (Å²) in [6.45, 7) is 0. The predicted octanol–water partition coefficient (Wildman–Crippen LogP) is 1.22. The van der Waals surface area contributed by atoms with Crippen LogP contribution in [0.3, 0.4) is 0 Å². The molecule has 8 heteroatoms. The van der Waals surface area contributed by atoms with Gasteiger partial charge in [-0.25, -0.2) is 0 Å². The number of benzene rings is 1. The number of hydrogen-bond donors (Lipinski definition) is 0. The van der Waals surface area contributed by atoms with Crippen molar-refractivity contribution in [3.8, 4) is 22.8 Å². The highest BCUT2D eigenvalue weighted by Crippen LogP contribution is 2.30. The zero-order chi connectivity index (χ0) is 15.1. The first-order valence-corrected chi connectivity index (χ1v) is 6.71. The molecule has 0 atom stereocenters. The second kappa shape index (κ2) is 4.69. The van der Waals surface area contributed by atoms with E-state index in [1.54, 1.807) is 9.36 Å². The van der Waals surface area contributed by atoms with E-state index in [0.29, 0.717) is 22.8 Å². The minimum Gasteiger partial charge on any atom is -0.255 e. The Morgan fingerprint density at radius 2 is 1.14 bits per heavy atom. The largest absolute Gasteiger partial charge is 0.255 e. The highest BCUT2D eigenvalue weighted by Gasteiger charge is 2.15. The lowest BCUT2D eigenvalue weighted by Crippen LogP contribution is -1.95. The Labute approximate surface area is 125 Å². The van der Waals surface area contributed by atoms with Crippen LogP contribution in [0.4, 0.5) is 0 Å². The lowest BCUT2D eigenvalue weighted by Gasteiger charge is -2.05. The summed E-state index contributed by atoms with van der Waals surface area (Å²) in [5, 5.41) is 26.7. The van der Waals surface area contributed by atoms with Gasteiger partial charge in [-0.15, -0.1) is 20.4 Å². The Bertz CT molecular complexity index is 889. The molecule has 0 amide bonds. The van der Waals surface area contributed by atoms with Crippen LogP contribution in [0.2, 0.25) is 0 Å². The van der Waals surface area contributed by atoms with Gasteiger partial charge in [0, 0.05) is 24.9 Å². The number of nitrogens with zero attached hydrogens (tertiary/aromatic N) is 8. The number of hydrogen-bond acceptors (Lipinski definition) is 6. The predicted molar refractivity (Wildman–Crippen MR) is 79.5 cm³/mol. The fourth-order valence-electron chi connectivity index (χ4n) is 2.39. The topological polar surface area (TPSA) is 87.2 Å². The molecule has 0 saturated heterocycles. The Kier molecular flexibility index (Phi) is 2.68. The monoisotopic (exact) mass is 292 g/mol. The molecule has 3 aromatic heterocycles. The van der Waals surface area contributed by atoms with Crippen LogP contribution in [0, 0.1) is 0 Å². The second-order valence-electron chi connectivity index (χ2n) is 5.00. The van der Waals surface area contributed by atoms with E-state index in [9.17, 15) is 0 Å². The van der Waals surface area contributed by atoms with Crippen molar-refractivity contribution in [3.63, 3.8) is 0 Å². The maximum absolute atomic E-state index is 4.33. The van der Waals surface area contributed by atoms with E-state index in [2.05, 4.69) is 30.8 Å². The van der Waals surface area contributed by atoms with Gasteiger partial charge in [0.1, 0.15) is 22.8 Å². The van der Waals surface area contributed by atoms with Gasteiger partial charge < -0.3 is 0 Å². The number of aromatic nitrogens is 8. The van der Waals surface area contributed by atoms with Crippen LogP contribution in [0.1, 0.15) is 0 Å². The van der Waals surface area contributed by atoms with Crippen LogP contribution in [0.5, 0.6) is 0 Å². The summed E-state index contributed by atoms with van der Waals surface area (Å²) in [5.41, 5.74) is 2.79. The summed E-state index contributed by atoms with van der Waals surface area (Å²) >= 11 is 0. The standard InChI is InChI=1S/C14H12N8/c1-21-7-11(15-19-21)13-9-5-3-4-6-10(9)14(18-17-13)12-8-22(2)20-16-12/h3-8H,1-2H3. The summed E-state index contributed by atoms with van der Waals surface area (Å²) in [7, 11) is 3.64. The normalized spacial score (nSPS) is 11.2. The van der Waals surface area contributed by atoms with Crippen molar-refractivity contribution in [2.75, 3.05) is 0 Å². The van der Waals surface area contributed by atoms with Crippen LogP contribution < -0.4 is 0 Å².